The standard InChI is InChI=1S/C11H23IO2Si/c1-9(10(13)7-8-12)14-15(5,6)11(2,3)4/h7-10,13H,1-6H3/b8-7+/t9-,10-/m1/s1. The van der Waals surface area contributed by atoms with Crippen molar-refractivity contribution in [2.75, 3.05) is 0 Å². The SMILES string of the molecule is C[C@@H](O[Si](C)(C)C(C)(C)C)[C@H](O)/C=C/I. The van der Waals surface area contributed by atoms with Gasteiger partial charge in [-0.3, -0.25) is 0 Å². The van der Waals surface area contributed by atoms with Crippen molar-refractivity contribution in [1.82, 2.24) is 0 Å². The molecular weight excluding hydrogens is 319 g/mol. The Kier molecular flexibility index (Phi) is 6.03. The Labute approximate surface area is 108 Å². The summed E-state index contributed by atoms with van der Waals surface area (Å²) in [5.41, 5.74) is 0. The van der Waals surface area contributed by atoms with Gasteiger partial charge in [0.2, 0.25) is 0 Å². The van der Waals surface area contributed by atoms with E-state index in [2.05, 4.69) is 56.5 Å². The van der Waals surface area contributed by atoms with Gasteiger partial charge in [0, 0.05) is 0 Å². The molecule has 0 aromatic heterocycles. The fraction of sp³-hybridized carbons (Fsp3) is 0.818. The molecule has 2 atom stereocenters. The van der Waals surface area contributed by atoms with Gasteiger partial charge in [-0.15, -0.1) is 0 Å². The summed E-state index contributed by atoms with van der Waals surface area (Å²) in [4.78, 5) is 0. The summed E-state index contributed by atoms with van der Waals surface area (Å²) in [5, 5.41) is 9.94. The van der Waals surface area contributed by atoms with Gasteiger partial charge in [0.1, 0.15) is 0 Å². The highest BCUT2D eigenvalue weighted by molar-refractivity contribution is 14.1. The fourth-order valence-corrected chi connectivity index (χ4v) is 2.79. The predicted octanol–water partition coefficient (Wildman–Crippen LogP) is 3.71. The summed E-state index contributed by atoms with van der Waals surface area (Å²) >= 11 is 2.10. The number of aliphatic hydroxyl groups excluding tert-OH is 1. The van der Waals surface area contributed by atoms with Gasteiger partial charge in [-0.05, 0) is 35.2 Å². The Balaban J connectivity index is 4.46. The topological polar surface area (TPSA) is 29.5 Å². The average Bonchev–Trinajstić information content (AvgIpc) is 2.01. The predicted molar refractivity (Wildman–Crippen MR) is 76.9 cm³/mol. The van der Waals surface area contributed by atoms with Gasteiger partial charge < -0.3 is 9.53 Å². The Hall–Kier alpha value is 0.607. The summed E-state index contributed by atoms with van der Waals surface area (Å²) in [5.74, 6) is 0. The van der Waals surface area contributed by atoms with Crippen molar-refractivity contribution in [1.29, 1.82) is 0 Å². The number of halogens is 1. The molecule has 90 valence electrons. The van der Waals surface area contributed by atoms with Gasteiger partial charge in [-0.2, -0.15) is 0 Å². The molecule has 0 bridgehead atoms. The molecule has 0 fully saturated rings. The normalized spacial score (nSPS) is 18.1. The van der Waals surface area contributed by atoms with Crippen molar-refractivity contribution in [3.05, 3.63) is 10.2 Å². The van der Waals surface area contributed by atoms with E-state index >= 15 is 0 Å². The minimum atomic E-state index is -1.76. The maximum absolute atomic E-state index is 9.75. The van der Waals surface area contributed by atoms with Crippen LogP contribution in [0.4, 0.5) is 0 Å². The van der Waals surface area contributed by atoms with Gasteiger partial charge in [-0.25, -0.2) is 0 Å². The molecule has 0 heterocycles. The lowest BCUT2D eigenvalue weighted by atomic mass is 10.2. The molecule has 0 saturated carbocycles. The number of aliphatic hydroxyl groups is 1. The van der Waals surface area contributed by atoms with Crippen molar-refractivity contribution >= 4 is 30.9 Å². The van der Waals surface area contributed by atoms with Gasteiger partial charge >= 0.3 is 0 Å². The van der Waals surface area contributed by atoms with E-state index in [9.17, 15) is 5.11 Å². The highest BCUT2D eigenvalue weighted by atomic mass is 127. The second kappa shape index (κ2) is 5.79. The number of rotatable bonds is 4. The van der Waals surface area contributed by atoms with Crippen molar-refractivity contribution in [2.24, 2.45) is 0 Å². The summed E-state index contributed by atoms with van der Waals surface area (Å²) in [6, 6.07) is 0. The molecule has 0 aliphatic heterocycles. The van der Waals surface area contributed by atoms with E-state index < -0.39 is 14.4 Å². The first-order valence-corrected chi connectivity index (χ1v) is 9.40. The molecule has 2 nitrogen and oxygen atoms in total. The summed E-state index contributed by atoms with van der Waals surface area (Å²) < 4.78 is 7.88. The summed E-state index contributed by atoms with van der Waals surface area (Å²) in [7, 11) is -1.76. The Morgan fingerprint density at radius 3 is 2.13 bits per heavy atom. The minimum Gasteiger partial charge on any atom is -0.411 e. The lowest BCUT2D eigenvalue weighted by Crippen LogP contribution is -2.45. The van der Waals surface area contributed by atoms with E-state index in [1.54, 1.807) is 6.08 Å². The van der Waals surface area contributed by atoms with Crippen LogP contribution in [-0.4, -0.2) is 25.6 Å². The third kappa shape index (κ3) is 4.97. The first-order chi connectivity index (χ1) is 6.62. The summed E-state index contributed by atoms with van der Waals surface area (Å²) in [6.07, 6.45) is 1.13. The van der Waals surface area contributed by atoms with Gasteiger partial charge in [-0.1, -0.05) is 43.4 Å². The Morgan fingerprint density at radius 1 is 1.33 bits per heavy atom. The van der Waals surface area contributed by atoms with Crippen LogP contribution < -0.4 is 0 Å². The van der Waals surface area contributed by atoms with Crippen molar-refractivity contribution in [3.8, 4) is 0 Å². The van der Waals surface area contributed by atoms with E-state index in [4.69, 9.17) is 4.43 Å². The Bertz CT molecular complexity index is 221. The lowest BCUT2D eigenvalue weighted by molar-refractivity contribution is 0.0695. The molecule has 15 heavy (non-hydrogen) atoms. The van der Waals surface area contributed by atoms with Gasteiger partial charge in [0.15, 0.2) is 8.32 Å². The molecule has 0 amide bonds. The third-order valence-electron chi connectivity index (χ3n) is 3.04. The van der Waals surface area contributed by atoms with Gasteiger partial charge in [0.25, 0.3) is 0 Å². The minimum absolute atomic E-state index is 0.128. The molecule has 0 saturated heterocycles. The molecular formula is C11H23IO2Si. The maximum Gasteiger partial charge on any atom is 0.192 e. The van der Waals surface area contributed by atoms with Crippen molar-refractivity contribution in [2.45, 2.75) is 58.0 Å². The fourth-order valence-electron chi connectivity index (χ4n) is 0.942. The van der Waals surface area contributed by atoms with Crippen LogP contribution >= 0.6 is 22.6 Å². The van der Waals surface area contributed by atoms with E-state index in [1.807, 2.05) is 11.0 Å². The van der Waals surface area contributed by atoms with Crippen molar-refractivity contribution in [3.63, 3.8) is 0 Å². The Morgan fingerprint density at radius 2 is 1.80 bits per heavy atom. The first kappa shape index (κ1) is 15.6. The first-order valence-electron chi connectivity index (χ1n) is 5.24. The summed E-state index contributed by atoms with van der Waals surface area (Å²) in [6.45, 7) is 12.9. The molecule has 0 radical (unpaired) electrons. The van der Waals surface area contributed by atoms with Crippen LogP contribution in [0.1, 0.15) is 27.7 Å². The largest absolute Gasteiger partial charge is 0.411 e. The zero-order chi connectivity index (χ0) is 12.3. The maximum atomic E-state index is 9.75. The van der Waals surface area contributed by atoms with Crippen LogP contribution in [0.3, 0.4) is 0 Å². The molecule has 0 aliphatic rings. The zero-order valence-corrected chi connectivity index (χ0v) is 13.7. The molecule has 0 aromatic rings. The van der Waals surface area contributed by atoms with E-state index in [-0.39, 0.29) is 11.1 Å². The van der Waals surface area contributed by atoms with Crippen LogP contribution in [-0.2, 0) is 4.43 Å². The zero-order valence-electron chi connectivity index (χ0n) is 10.5. The van der Waals surface area contributed by atoms with E-state index in [0.717, 1.165) is 0 Å². The smallest absolute Gasteiger partial charge is 0.192 e. The van der Waals surface area contributed by atoms with Gasteiger partial charge in [0.05, 0.1) is 12.2 Å². The van der Waals surface area contributed by atoms with Crippen LogP contribution in [0.5, 0.6) is 0 Å². The van der Waals surface area contributed by atoms with Crippen molar-refractivity contribution < 1.29 is 9.53 Å². The second-order valence-corrected chi connectivity index (χ2v) is 10.9. The van der Waals surface area contributed by atoms with Crippen LogP contribution in [0.15, 0.2) is 10.2 Å². The molecule has 0 aliphatic carbocycles. The highest BCUT2D eigenvalue weighted by Crippen LogP contribution is 2.37. The van der Waals surface area contributed by atoms with E-state index in [0.29, 0.717) is 0 Å². The second-order valence-electron chi connectivity index (χ2n) is 5.39. The van der Waals surface area contributed by atoms with Crippen LogP contribution in [0, 0.1) is 0 Å². The monoisotopic (exact) mass is 342 g/mol. The third-order valence-corrected chi connectivity index (χ3v) is 8.03. The highest BCUT2D eigenvalue weighted by Gasteiger charge is 2.39. The quantitative estimate of drug-likeness (QED) is 0.623. The van der Waals surface area contributed by atoms with Crippen LogP contribution in [0.2, 0.25) is 18.1 Å². The molecule has 0 rings (SSSR count). The molecule has 4 heteroatoms. The number of hydrogen-bond acceptors (Lipinski definition) is 2. The number of hydrogen-bond donors (Lipinski definition) is 1. The molecule has 0 spiro atoms. The molecule has 1 N–H and O–H groups in total. The average molecular weight is 342 g/mol. The lowest BCUT2D eigenvalue weighted by Gasteiger charge is -2.39. The van der Waals surface area contributed by atoms with Crippen LogP contribution in [0.25, 0.3) is 0 Å². The van der Waals surface area contributed by atoms with E-state index in [1.165, 1.54) is 0 Å². The molecule has 0 unspecified atom stereocenters. The molecule has 0 aromatic carbocycles.